The Hall–Kier alpha value is -2.16. The Morgan fingerprint density at radius 3 is 2.53 bits per heavy atom. The van der Waals surface area contributed by atoms with E-state index in [4.69, 9.17) is 15.2 Å². The number of ether oxygens (including phenoxy) is 2. The molecule has 0 amide bonds. The summed E-state index contributed by atoms with van der Waals surface area (Å²) >= 11 is 0. The van der Waals surface area contributed by atoms with Gasteiger partial charge in [-0.15, -0.1) is 0 Å². The Bertz CT molecular complexity index is 552. The topological polar surface area (TPSA) is 44.5 Å². The molecule has 100 valence electrons. The molecule has 0 heterocycles. The van der Waals surface area contributed by atoms with E-state index in [1.165, 1.54) is 0 Å². The largest absolute Gasteiger partial charge is 0.491 e. The number of rotatable bonds is 5. The normalized spacial score (nSPS) is 10.2. The van der Waals surface area contributed by atoms with Crippen LogP contribution in [0.25, 0.3) is 0 Å². The first-order valence-electron chi connectivity index (χ1n) is 6.46. The van der Waals surface area contributed by atoms with E-state index in [2.05, 4.69) is 6.92 Å². The second-order valence-corrected chi connectivity index (χ2v) is 4.43. The molecule has 19 heavy (non-hydrogen) atoms. The van der Waals surface area contributed by atoms with Gasteiger partial charge in [-0.25, -0.2) is 0 Å². The Kier molecular flexibility index (Phi) is 4.29. The third kappa shape index (κ3) is 3.41. The Balaban J connectivity index is 2.20. The quantitative estimate of drug-likeness (QED) is 0.818. The molecule has 2 rings (SSSR count). The van der Waals surface area contributed by atoms with Crippen LogP contribution in [-0.4, -0.2) is 6.61 Å². The van der Waals surface area contributed by atoms with Gasteiger partial charge in [-0.3, -0.25) is 0 Å². The molecule has 0 fully saturated rings. The van der Waals surface area contributed by atoms with E-state index < -0.39 is 0 Å². The van der Waals surface area contributed by atoms with Crippen molar-refractivity contribution in [3.63, 3.8) is 0 Å². The van der Waals surface area contributed by atoms with Crippen LogP contribution >= 0.6 is 0 Å². The van der Waals surface area contributed by atoms with Gasteiger partial charge in [-0.05, 0) is 43.2 Å². The molecule has 0 radical (unpaired) electrons. The van der Waals surface area contributed by atoms with Crippen molar-refractivity contribution in [2.75, 3.05) is 12.3 Å². The maximum Gasteiger partial charge on any atom is 0.154 e. The summed E-state index contributed by atoms with van der Waals surface area (Å²) in [6.07, 6.45) is 0.947. The second kappa shape index (κ2) is 6.14. The third-order valence-corrected chi connectivity index (χ3v) is 2.71. The van der Waals surface area contributed by atoms with Crippen molar-refractivity contribution >= 4 is 5.69 Å². The second-order valence-electron chi connectivity index (χ2n) is 4.43. The first-order chi connectivity index (χ1) is 9.20. The molecule has 0 unspecified atom stereocenters. The van der Waals surface area contributed by atoms with Crippen molar-refractivity contribution in [3.8, 4) is 17.2 Å². The Labute approximate surface area is 114 Å². The fourth-order valence-corrected chi connectivity index (χ4v) is 1.76. The SMILES string of the molecule is CCCOc1cccc(Oc2cccc(C)c2)c1N. The van der Waals surface area contributed by atoms with Crippen molar-refractivity contribution in [3.05, 3.63) is 48.0 Å². The lowest BCUT2D eigenvalue weighted by molar-refractivity contribution is 0.318. The van der Waals surface area contributed by atoms with Crippen LogP contribution in [0.5, 0.6) is 17.2 Å². The lowest BCUT2D eigenvalue weighted by Gasteiger charge is -2.13. The number of hydrogen-bond acceptors (Lipinski definition) is 3. The molecular weight excluding hydrogens is 238 g/mol. The molecule has 0 bridgehead atoms. The molecule has 2 aromatic carbocycles. The number of benzene rings is 2. The van der Waals surface area contributed by atoms with Gasteiger partial charge in [0.05, 0.1) is 6.61 Å². The molecule has 2 N–H and O–H groups in total. The molecule has 3 nitrogen and oxygen atoms in total. The number of para-hydroxylation sites is 1. The highest BCUT2D eigenvalue weighted by atomic mass is 16.5. The highest BCUT2D eigenvalue weighted by Gasteiger charge is 2.08. The van der Waals surface area contributed by atoms with E-state index in [-0.39, 0.29) is 0 Å². The Morgan fingerprint density at radius 1 is 1.05 bits per heavy atom. The molecule has 0 saturated carbocycles. The lowest BCUT2D eigenvalue weighted by Crippen LogP contribution is -2.00. The molecule has 0 atom stereocenters. The monoisotopic (exact) mass is 257 g/mol. The molecule has 0 aromatic heterocycles. The van der Waals surface area contributed by atoms with Gasteiger partial charge in [-0.2, -0.15) is 0 Å². The number of anilines is 1. The average Bonchev–Trinajstić information content (AvgIpc) is 2.40. The highest BCUT2D eigenvalue weighted by molar-refractivity contribution is 5.63. The maximum absolute atomic E-state index is 6.06. The molecule has 0 aliphatic carbocycles. The van der Waals surface area contributed by atoms with Gasteiger partial charge in [0, 0.05) is 0 Å². The van der Waals surface area contributed by atoms with Crippen LogP contribution in [0.2, 0.25) is 0 Å². The summed E-state index contributed by atoms with van der Waals surface area (Å²) in [6, 6.07) is 13.4. The number of hydrogen-bond donors (Lipinski definition) is 1. The summed E-state index contributed by atoms with van der Waals surface area (Å²) in [5, 5.41) is 0. The molecule has 2 aromatic rings. The fraction of sp³-hybridized carbons (Fsp3) is 0.250. The maximum atomic E-state index is 6.06. The van der Waals surface area contributed by atoms with Crippen LogP contribution in [0.1, 0.15) is 18.9 Å². The van der Waals surface area contributed by atoms with Crippen molar-refractivity contribution in [1.29, 1.82) is 0 Å². The number of nitrogen functional groups attached to an aromatic ring is 1. The first-order valence-corrected chi connectivity index (χ1v) is 6.46. The number of aryl methyl sites for hydroxylation is 1. The van der Waals surface area contributed by atoms with Crippen molar-refractivity contribution in [2.45, 2.75) is 20.3 Å². The summed E-state index contributed by atoms with van der Waals surface area (Å²) in [6.45, 7) is 4.73. The smallest absolute Gasteiger partial charge is 0.154 e. The van der Waals surface area contributed by atoms with Gasteiger partial charge in [0.1, 0.15) is 17.2 Å². The summed E-state index contributed by atoms with van der Waals surface area (Å²) in [4.78, 5) is 0. The van der Waals surface area contributed by atoms with Crippen LogP contribution in [0.3, 0.4) is 0 Å². The minimum Gasteiger partial charge on any atom is -0.491 e. The van der Waals surface area contributed by atoms with Gasteiger partial charge in [-0.1, -0.05) is 25.1 Å². The van der Waals surface area contributed by atoms with Crippen LogP contribution in [0.4, 0.5) is 5.69 Å². The zero-order valence-electron chi connectivity index (χ0n) is 11.3. The predicted molar refractivity (Wildman–Crippen MR) is 77.9 cm³/mol. The average molecular weight is 257 g/mol. The highest BCUT2D eigenvalue weighted by Crippen LogP contribution is 2.34. The summed E-state index contributed by atoms with van der Waals surface area (Å²) in [7, 11) is 0. The van der Waals surface area contributed by atoms with Crippen molar-refractivity contribution in [2.24, 2.45) is 0 Å². The summed E-state index contributed by atoms with van der Waals surface area (Å²) < 4.78 is 11.4. The number of nitrogens with two attached hydrogens (primary N) is 1. The molecule has 3 heteroatoms. The fourth-order valence-electron chi connectivity index (χ4n) is 1.76. The summed E-state index contributed by atoms with van der Waals surface area (Å²) in [5.74, 6) is 2.07. The van der Waals surface area contributed by atoms with Gasteiger partial charge in [0.2, 0.25) is 0 Å². The van der Waals surface area contributed by atoms with Gasteiger partial charge < -0.3 is 15.2 Å². The van der Waals surface area contributed by atoms with Crippen LogP contribution in [0, 0.1) is 6.92 Å². The molecule has 0 aliphatic heterocycles. The van der Waals surface area contributed by atoms with Crippen LogP contribution < -0.4 is 15.2 Å². The minimum atomic E-state index is 0.539. The van der Waals surface area contributed by atoms with E-state index >= 15 is 0 Å². The third-order valence-electron chi connectivity index (χ3n) is 2.71. The predicted octanol–water partition coefficient (Wildman–Crippen LogP) is 4.16. The van der Waals surface area contributed by atoms with E-state index in [9.17, 15) is 0 Å². The zero-order chi connectivity index (χ0) is 13.7. The van der Waals surface area contributed by atoms with Crippen molar-refractivity contribution in [1.82, 2.24) is 0 Å². The minimum absolute atomic E-state index is 0.539. The molecule has 0 saturated heterocycles. The van der Waals surface area contributed by atoms with Gasteiger partial charge in [0.15, 0.2) is 5.75 Å². The first kappa shape index (κ1) is 13.3. The molecule has 0 aliphatic rings. The van der Waals surface area contributed by atoms with E-state index in [1.807, 2.05) is 49.4 Å². The standard InChI is InChI=1S/C16H19NO2/c1-3-10-18-14-8-5-9-15(16(14)17)19-13-7-4-6-12(2)11-13/h4-9,11H,3,10,17H2,1-2H3. The lowest BCUT2D eigenvalue weighted by atomic mass is 10.2. The van der Waals surface area contributed by atoms with Crippen molar-refractivity contribution < 1.29 is 9.47 Å². The van der Waals surface area contributed by atoms with E-state index in [0.717, 1.165) is 17.7 Å². The Morgan fingerprint density at radius 2 is 1.79 bits per heavy atom. The summed E-state index contributed by atoms with van der Waals surface area (Å²) in [5.41, 5.74) is 7.75. The zero-order valence-corrected chi connectivity index (χ0v) is 11.3. The van der Waals surface area contributed by atoms with Crippen LogP contribution in [0.15, 0.2) is 42.5 Å². The van der Waals surface area contributed by atoms with E-state index in [0.29, 0.717) is 23.8 Å². The molecular formula is C16H19NO2. The molecule has 0 spiro atoms. The van der Waals surface area contributed by atoms with Gasteiger partial charge in [0.25, 0.3) is 0 Å². The van der Waals surface area contributed by atoms with Gasteiger partial charge >= 0.3 is 0 Å². The van der Waals surface area contributed by atoms with E-state index in [1.54, 1.807) is 0 Å². The van der Waals surface area contributed by atoms with Crippen LogP contribution in [-0.2, 0) is 0 Å².